The largest absolute Gasteiger partial charge is 0.454 e. The number of amides is 1. The van der Waals surface area contributed by atoms with Gasteiger partial charge in [-0.25, -0.2) is 12.8 Å². The normalized spacial score (nSPS) is 16.2. The Morgan fingerprint density at radius 2 is 1.72 bits per heavy atom. The molecule has 0 bridgehead atoms. The van der Waals surface area contributed by atoms with Crippen molar-refractivity contribution in [2.45, 2.75) is 11.4 Å². The Kier molecular flexibility index (Phi) is 6.85. The number of sulfonamides is 1. The van der Waals surface area contributed by atoms with Crippen molar-refractivity contribution in [1.29, 1.82) is 0 Å². The molecule has 0 spiro atoms. The maximum Gasteiger partial charge on any atom is 0.255 e. The minimum Gasteiger partial charge on any atom is -0.454 e. The molecule has 0 aliphatic carbocycles. The van der Waals surface area contributed by atoms with Gasteiger partial charge in [0.05, 0.1) is 10.7 Å². The van der Waals surface area contributed by atoms with Crippen molar-refractivity contribution in [3.05, 3.63) is 82.6 Å². The summed E-state index contributed by atoms with van der Waals surface area (Å²) in [5.74, 6) is -0.0951. The molecule has 3 aromatic rings. The Morgan fingerprint density at radius 3 is 2.50 bits per heavy atom. The van der Waals surface area contributed by atoms with Gasteiger partial charge in [-0.15, -0.1) is 0 Å². The van der Waals surface area contributed by atoms with Crippen LogP contribution < -0.4 is 14.8 Å². The van der Waals surface area contributed by atoms with Gasteiger partial charge in [0.1, 0.15) is 10.7 Å². The number of carbonyl (C=O) groups excluding carboxylic acids is 1. The van der Waals surface area contributed by atoms with E-state index in [9.17, 15) is 17.6 Å². The maximum absolute atomic E-state index is 14.7. The van der Waals surface area contributed by atoms with E-state index in [1.807, 2.05) is 18.2 Å². The van der Waals surface area contributed by atoms with Gasteiger partial charge in [0.25, 0.3) is 5.91 Å². The molecule has 2 aliphatic heterocycles. The van der Waals surface area contributed by atoms with Crippen LogP contribution in [0.25, 0.3) is 0 Å². The minimum absolute atomic E-state index is 0.0105. The number of piperazine rings is 1. The van der Waals surface area contributed by atoms with Crippen LogP contribution >= 0.6 is 11.6 Å². The molecule has 0 saturated carbocycles. The van der Waals surface area contributed by atoms with E-state index in [0.717, 1.165) is 17.7 Å². The lowest BCUT2D eigenvalue weighted by atomic mass is 10.2. The highest BCUT2D eigenvalue weighted by molar-refractivity contribution is 7.89. The van der Waals surface area contributed by atoms with Crippen molar-refractivity contribution >= 4 is 33.2 Å². The number of anilines is 1. The molecule has 2 heterocycles. The first-order valence-corrected chi connectivity index (χ1v) is 13.1. The van der Waals surface area contributed by atoms with E-state index in [2.05, 4.69) is 10.2 Å². The lowest BCUT2D eigenvalue weighted by Crippen LogP contribution is -2.48. The fourth-order valence-electron chi connectivity index (χ4n) is 4.16. The molecule has 1 saturated heterocycles. The van der Waals surface area contributed by atoms with Gasteiger partial charge in [-0.3, -0.25) is 9.69 Å². The van der Waals surface area contributed by atoms with E-state index in [-0.39, 0.29) is 25.4 Å². The highest BCUT2D eigenvalue weighted by Gasteiger charge is 2.31. The number of hydrogen-bond donors (Lipinski definition) is 1. The summed E-state index contributed by atoms with van der Waals surface area (Å²) in [7, 11) is -4.14. The SMILES string of the molecule is O=C(Nc1ccccc1Cl)c1ccc(F)c(S(=O)(=O)N2CCN(Cc3ccc4c(c3)OCO4)CC2)c1. The Hall–Kier alpha value is -3.18. The molecule has 1 amide bonds. The summed E-state index contributed by atoms with van der Waals surface area (Å²) in [4.78, 5) is 14.3. The van der Waals surface area contributed by atoms with E-state index in [4.69, 9.17) is 21.1 Å². The number of fused-ring (bicyclic) bond motifs is 1. The number of nitrogens with one attached hydrogen (secondary N) is 1. The highest BCUT2D eigenvalue weighted by atomic mass is 35.5. The van der Waals surface area contributed by atoms with Crippen LogP contribution in [0.1, 0.15) is 15.9 Å². The van der Waals surface area contributed by atoms with Gasteiger partial charge in [0, 0.05) is 38.3 Å². The van der Waals surface area contributed by atoms with Gasteiger partial charge in [-0.1, -0.05) is 29.8 Å². The van der Waals surface area contributed by atoms with Crippen molar-refractivity contribution in [2.75, 3.05) is 38.3 Å². The molecule has 3 aromatic carbocycles. The van der Waals surface area contributed by atoms with Crippen LogP contribution in [0.2, 0.25) is 5.02 Å². The molecule has 0 radical (unpaired) electrons. The van der Waals surface area contributed by atoms with E-state index in [1.54, 1.807) is 24.3 Å². The monoisotopic (exact) mass is 531 g/mol. The summed E-state index contributed by atoms with van der Waals surface area (Å²) >= 11 is 6.08. The van der Waals surface area contributed by atoms with Crippen LogP contribution in [0.5, 0.6) is 11.5 Å². The quantitative estimate of drug-likeness (QED) is 0.518. The summed E-state index contributed by atoms with van der Waals surface area (Å²) in [5.41, 5.74) is 1.41. The van der Waals surface area contributed by atoms with Crippen molar-refractivity contribution in [3.63, 3.8) is 0 Å². The lowest BCUT2D eigenvalue weighted by molar-refractivity contribution is 0.102. The number of rotatable bonds is 6. The smallest absolute Gasteiger partial charge is 0.255 e. The van der Waals surface area contributed by atoms with Crippen LogP contribution in [0.15, 0.2) is 65.6 Å². The third-order valence-corrected chi connectivity index (χ3v) is 8.35. The predicted molar refractivity (Wildman–Crippen MR) is 132 cm³/mol. The average molecular weight is 532 g/mol. The van der Waals surface area contributed by atoms with Crippen molar-refractivity contribution in [1.82, 2.24) is 9.21 Å². The molecule has 188 valence electrons. The Bertz CT molecular complexity index is 1410. The average Bonchev–Trinajstić information content (AvgIpc) is 3.34. The summed E-state index contributed by atoms with van der Waals surface area (Å²) in [5, 5.41) is 2.96. The fraction of sp³-hybridized carbons (Fsp3) is 0.240. The topological polar surface area (TPSA) is 88.2 Å². The Morgan fingerprint density at radius 1 is 0.972 bits per heavy atom. The molecule has 36 heavy (non-hydrogen) atoms. The first-order valence-electron chi connectivity index (χ1n) is 11.3. The molecule has 1 fully saturated rings. The summed E-state index contributed by atoms with van der Waals surface area (Å²) in [6.07, 6.45) is 0. The van der Waals surface area contributed by atoms with Gasteiger partial charge in [-0.2, -0.15) is 4.31 Å². The first kappa shape index (κ1) is 24.5. The van der Waals surface area contributed by atoms with Crippen LogP contribution in [0, 0.1) is 5.82 Å². The molecule has 0 unspecified atom stereocenters. The summed E-state index contributed by atoms with van der Waals surface area (Å²) < 4.78 is 53.2. The van der Waals surface area contributed by atoms with E-state index >= 15 is 0 Å². The lowest BCUT2D eigenvalue weighted by Gasteiger charge is -2.34. The van der Waals surface area contributed by atoms with Gasteiger partial charge in [0.2, 0.25) is 16.8 Å². The standard InChI is InChI=1S/C25H23ClFN3O5S/c26-19-3-1-2-4-21(19)28-25(31)18-6-7-20(27)24(14-18)36(32,33)30-11-9-29(10-12-30)15-17-5-8-22-23(13-17)35-16-34-22/h1-8,13-14H,9-12,15-16H2,(H,28,31). The van der Waals surface area contributed by atoms with Crippen LogP contribution in [0.4, 0.5) is 10.1 Å². The second-order valence-corrected chi connectivity index (χ2v) is 10.8. The molecule has 1 N–H and O–H groups in total. The molecular formula is C25H23ClFN3O5S. The summed E-state index contributed by atoms with van der Waals surface area (Å²) in [6, 6.07) is 15.7. The molecule has 0 atom stereocenters. The number of para-hydroxylation sites is 1. The van der Waals surface area contributed by atoms with Gasteiger partial charge in [0.15, 0.2) is 11.5 Å². The fourth-order valence-corrected chi connectivity index (χ4v) is 5.86. The number of ether oxygens (including phenoxy) is 2. The van der Waals surface area contributed by atoms with Gasteiger partial charge >= 0.3 is 0 Å². The third kappa shape index (κ3) is 5.03. The maximum atomic E-state index is 14.7. The van der Waals surface area contributed by atoms with Crippen molar-refractivity contribution in [2.24, 2.45) is 0 Å². The molecule has 8 nitrogen and oxygen atoms in total. The second kappa shape index (κ2) is 10.1. The molecule has 2 aliphatic rings. The van der Waals surface area contributed by atoms with Crippen molar-refractivity contribution in [3.8, 4) is 11.5 Å². The Balaban J connectivity index is 1.26. The van der Waals surface area contributed by atoms with Crippen LogP contribution in [-0.4, -0.2) is 56.5 Å². The highest BCUT2D eigenvalue weighted by Crippen LogP contribution is 2.33. The van der Waals surface area contributed by atoms with Gasteiger partial charge < -0.3 is 14.8 Å². The van der Waals surface area contributed by atoms with Crippen LogP contribution in [-0.2, 0) is 16.6 Å². The van der Waals surface area contributed by atoms with E-state index < -0.39 is 26.6 Å². The Labute approximate surface area is 213 Å². The number of nitrogens with zero attached hydrogens (tertiary/aromatic N) is 2. The number of benzene rings is 3. The zero-order valence-corrected chi connectivity index (χ0v) is 20.7. The minimum atomic E-state index is -4.14. The molecular weight excluding hydrogens is 509 g/mol. The van der Waals surface area contributed by atoms with Crippen molar-refractivity contribution < 1.29 is 27.1 Å². The van der Waals surface area contributed by atoms with Crippen LogP contribution in [0.3, 0.4) is 0 Å². The number of hydrogen-bond acceptors (Lipinski definition) is 6. The first-order chi connectivity index (χ1) is 17.3. The number of halogens is 2. The van der Waals surface area contributed by atoms with E-state index in [1.165, 1.54) is 10.4 Å². The van der Waals surface area contributed by atoms with E-state index in [0.29, 0.717) is 41.8 Å². The molecule has 5 rings (SSSR count). The predicted octanol–water partition coefficient (Wildman–Crippen LogP) is 3.97. The molecule has 0 aromatic heterocycles. The third-order valence-electron chi connectivity index (χ3n) is 6.11. The van der Waals surface area contributed by atoms with Gasteiger partial charge in [-0.05, 0) is 48.0 Å². The zero-order valence-electron chi connectivity index (χ0n) is 19.1. The summed E-state index contributed by atoms with van der Waals surface area (Å²) in [6.45, 7) is 2.17. The molecule has 11 heteroatoms. The number of carbonyl (C=O) groups is 1. The zero-order chi connectivity index (χ0) is 25.3. The second-order valence-electron chi connectivity index (χ2n) is 8.45.